The zero-order valence-corrected chi connectivity index (χ0v) is 18.2. The maximum Gasteiger partial charge on any atom is 0.285 e. The van der Waals surface area contributed by atoms with Crippen LogP contribution in [0.4, 0.5) is 0 Å². The van der Waals surface area contributed by atoms with Crippen LogP contribution in [0.1, 0.15) is 21.5 Å². The highest BCUT2D eigenvalue weighted by molar-refractivity contribution is 8.26. The van der Waals surface area contributed by atoms with Gasteiger partial charge in [-0.2, -0.15) is 5.01 Å². The summed E-state index contributed by atoms with van der Waals surface area (Å²) in [6, 6.07) is 10.3. The fourth-order valence-corrected chi connectivity index (χ4v) is 4.12. The number of rotatable bonds is 5. The summed E-state index contributed by atoms with van der Waals surface area (Å²) in [5.41, 5.74) is 4.44. The standard InChI is InChI=1S/C20H17ClN2O4S2/c1-11-4-6-13(14(21)8-11)18(24)22-23-19(25)17(29-20(23)28)10-12-5-7-15(26-2)16(9-12)27-3/h4-10H,1-3H3,(H,22,24)/b17-10+. The van der Waals surface area contributed by atoms with Gasteiger partial charge in [0.15, 0.2) is 15.8 Å². The van der Waals surface area contributed by atoms with Crippen molar-refractivity contribution >= 4 is 57.8 Å². The number of carbonyl (C=O) groups excluding carboxylic acids is 2. The Balaban J connectivity index is 1.80. The summed E-state index contributed by atoms with van der Waals surface area (Å²) in [7, 11) is 3.08. The molecule has 1 heterocycles. The van der Waals surface area contributed by atoms with Gasteiger partial charge >= 0.3 is 0 Å². The third-order valence-corrected chi connectivity index (χ3v) is 5.70. The fourth-order valence-electron chi connectivity index (χ4n) is 2.62. The van der Waals surface area contributed by atoms with Crippen molar-refractivity contribution in [3.05, 3.63) is 63.0 Å². The molecule has 2 aromatic rings. The zero-order valence-electron chi connectivity index (χ0n) is 15.8. The first-order chi connectivity index (χ1) is 13.8. The molecule has 1 N–H and O–H groups in total. The lowest BCUT2D eigenvalue weighted by molar-refractivity contribution is -0.123. The van der Waals surface area contributed by atoms with Crippen molar-refractivity contribution in [1.82, 2.24) is 10.4 Å². The molecule has 0 aliphatic carbocycles. The number of methoxy groups -OCH3 is 2. The summed E-state index contributed by atoms with van der Waals surface area (Å²) < 4.78 is 10.7. The van der Waals surface area contributed by atoms with E-state index in [2.05, 4.69) is 5.43 Å². The molecule has 0 aromatic heterocycles. The summed E-state index contributed by atoms with van der Waals surface area (Å²) in [5, 5.41) is 1.35. The lowest BCUT2D eigenvalue weighted by atomic mass is 10.1. The molecular formula is C20H17ClN2O4S2. The number of hydrogen-bond donors (Lipinski definition) is 1. The van der Waals surface area contributed by atoms with Crippen molar-refractivity contribution in [1.29, 1.82) is 0 Å². The zero-order chi connectivity index (χ0) is 21.1. The van der Waals surface area contributed by atoms with E-state index in [4.69, 9.17) is 33.3 Å². The van der Waals surface area contributed by atoms with E-state index in [0.29, 0.717) is 21.4 Å². The first kappa shape index (κ1) is 21.2. The molecule has 1 aliphatic heterocycles. The number of hydrazine groups is 1. The summed E-state index contributed by atoms with van der Waals surface area (Å²) in [5.74, 6) is 0.184. The van der Waals surface area contributed by atoms with Gasteiger partial charge in [-0.25, -0.2) is 0 Å². The van der Waals surface area contributed by atoms with Crippen molar-refractivity contribution < 1.29 is 19.1 Å². The minimum absolute atomic E-state index is 0.221. The Hall–Kier alpha value is -2.55. The van der Waals surface area contributed by atoms with Gasteiger partial charge in [0.2, 0.25) is 0 Å². The Morgan fingerprint density at radius 3 is 2.55 bits per heavy atom. The molecule has 2 amide bonds. The normalized spacial score (nSPS) is 15.0. The van der Waals surface area contributed by atoms with Crippen LogP contribution in [-0.4, -0.2) is 35.4 Å². The lowest BCUT2D eigenvalue weighted by Crippen LogP contribution is -2.44. The highest BCUT2D eigenvalue weighted by Crippen LogP contribution is 2.34. The van der Waals surface area contributed by atoms with Crippen molar-refractivity contribution in [2.24, 2.45) is 0 Å². The molecule has 0 unspecified atom stereocenters. The minimum Gasteiger partial charge on any atom is -0.493 e. The van der Waals surface area contributed by atoms with E-state index in [9.17, 15) is 9.59 Å². The molecule has 0 atom stereocenters. The highest BCUT2D eigenvalue weighted by atomic mass is 35.5. The summed E-state index contributed by atoms with van der Waals surface area (Å²) in [6.45, 7) is 1.87. The number of halogens is 1. The fraction of sp³-hybridized carbons (Fsp3) is 0.150. The Bertz CT molecular complexity index is 1040. The van der Waals surface area contributed by atoms with E-state index in [-0.39, 0.29) is 9.88 Å². The number of carbonyl (C=O) groups is 2. The average molecular weight is 449 g/mol. The third-order valence-electron chi connectivity index (χ3n) is 4.08. The van der Waals surface area contributed by atoms with Crippen LogP contribution in [-0.2, 0) is 4.79 Å². The molecule has 0 bridgehead atoms. The quantitative estimate of drug-likeness (QED) is 0.546. The number of hydrogen-bond acceptors (Lipinski definition) is 6. The van der Waals surface area contributed by atoms with Crippen LogP contribution in [0.15, 0.2) is 41.3 Å². The second kappa shape index (κ2) is 8.86. The number of benzene rings is 2. The van der Waals surface area contributed by atoms with Gasteiger partial charge in [0.1, 0.15) is 0 Å². The van der Waals surface area contributed by atoms with Crippen LogP contribution in [0.2, 0.25) is 5.02 Å². The third kappa shape index (κ3) is 4.55. The molecule has 1 aliphatic rings. The second-order valence-corrected chi connectivity index (χ2v) is 8.14. The number of aryl methyl sites for hydroxylation is 1. The molecule has 1 saturated heterocycles. The Labute approximate surface area is 182 Å². The summed E-state index contributed by atoms with van der Waals surface area (Å²) in [6.07, 6.45) is 1.67. The van der Waals surface area contributed by atoms with Crippen molar-refractivity contribution in [2.75, 3.05) is 14.2 Å². The summed E-state index contributed by atoms with van der Waals surface area (Å²) in [4.78, 5) is 25.7. The Morgan fingerprint density at radius 1 is 1.17 bits per heavy atom. The van der Waals surface area contributed by atoms with Gasteiger partial charge in [-0.05, 0) is 60.6 Å². The smallest absolute Gasteiger partial charge is 0.285 e. The molecule has 0 radical (unpaired) electrons. The van der Waals surface area contributed by atoms with E-state index >= 15 is 0 Å². The molecule has 29 heavy (non-hydrogen) atoms. The predicted molar refractivity (Wildman–Crippen MR) is 118 cm³/mol. The molecule has 1 fully saturated rings. The lowest BCUT2D eigenvalue weighted by Gasteiger charge is -2.16. The van der Waals surface area contributed by atoms with E-state index in [1.807, 2.05) is 6.92 Å². The molecule has 6 nitrogen and oxygen atoms in total. The number of amides is 2. The minimum atomic E-state index is -0.515. The molecule has 2 aromatic carbocycles. The number of nitrogens with zero attached hydrogens (tertiary/aromatic N) is 1. The average Bonchev–Trinajstić information content (AvgIpc) is 2.95. The predicted octanol–water partition coefficient (Wildman–Crippen LogP) is 4.21. The van der Waals surface area contributed by atoms with Gasteiger partial charge in [-0.3, -0.25) is 15.0 Å². The number of nitrogens with one attached hydrogen (secondary N) is 1. The SMILES string of the molecule is COc1ccc(/C=C2/SC(=S)N(NC(=O)c3ccc(C)cc3Cl)C2=O)cc1OC. The van der Waals surface area contributed by atoms with Crippen LogP contribution >= 0.6 is 35.6 Å². The topological polar surface area (TPSA) is 67.9 Å². The first-order valence-electron chi connectivity index (χ1n) is 8.41. The van der Waals surface area contributed by atoms with Crippen LogP contribution in [0.5, 0.6) is 11.5 Å². The van der Waals surface area contributed by atoms with Gasteiger partial charge in [0.05, 0.1) is 29.7 Å². The molecule has 0 spiro atoms. The van der Waals surface area contributed by atoms with Crippen molar-refractivity contribution in [3.63, 3.8) is 0 Å². The second-order valence-electron chi connectivity index (χ2n) is 6.06. The Kier molecular flexibility index (Phi) is 6.46. The van der Waals surface area contributed by atoms with E-state index in [0.717, 1.165) is 27.9 Å². The highest BCUT2D eigenvalue weighted by Gasteiger charge is 2.34. The Morgan fingerprint density at radius 2 is 1.90 bits per heavy atom. The van der Waals surface area contributed by atoms with Gasteiger partial charge < -0.3 is 9.47 Å². The number of thiocarbonyl (C=S) groups is 1. The molecule has 0 saturated carbocycles. The van der Waals surface area contributed by atoms with Crippen LogP contribution in [0.3, 0.4) is 0 Å². The maximum absolute atomic E-state index is 12.7. The maximum atomic E-state index is 12.7. The van der Waals surface area contributed by atoms with Gasteiger partial charge in [-0.15, -0.1) is 0 Å². The number of ether oxygens (including phenoxy) is 2. The monoisotopic (exact) mass is 448 g/mol. The van der Waals surface area contributed by atoms with Gasteiger partial charge in [0, 0.05) is 0 Å². The molecule has 9 heteroatoms. The summed E-state index contributed by atoms with van der Waals surface area (Å²) >= 11 is 12.5. The van der Waals surface area contributed by atoms with Crippen molar-refractivity contribution in [3.8, 4) is 11.5 Å². The van der Waals surface area contributed by atoms with Crippen molar-refractivity contribution in [2.45, 2.75) is 6.92 Å². The number of thioether (sulfide) groups is 1. The van der Waals surface area contributed by atoms with E-state index < -0.39 is 11.8 Å². The van der Waals surface area contributed by atoms with E-state index in [1.165, 1.54) is 7.11 Å². The molecule has 150 valence electrons. The van der Waals surface area contributed by atoms with Crippen LogP contribution in [0, 0.1) is 6.92 Å². The van der Waals surface area contributed by atoms with Gasteiger partial charge in [-0.1, -0.05) is 35.5 Å². The van der Waals surface area contributed by atoms with Crippen LogP contribution in [0.25, 0.3) is 6.08 Å². The first-order valence-corrected chi connectivity index (χ1v) is 10.0. The van der Waals surface area contributed by atoms with Crippen LogP contribution < -0.4 is 14.9 Å². The van der Waals surface area contributed by atoms with E-state index in [1.54, 1.807) is 49.6 Å². The molecular weight excluding hydrogens is 432 g/mol. The molecule has 3 rings (SSSR count). The van der Waals surface area contributed by atoms with Gasteiger partial charge in [0.25, 0.3) is 11.8 Å². The largest absolute Gasteiger partial charge is 0.493 e.